The zero-order valence-corrected chi connectivity index (χ0v) is 18.5. The first-order valence-corrected chi connectivity index (χ1v) is 10.2. The highest BCUT2D eigenvalue weighted by atomic mass is 19.4. The van der Waals surface area contributed by atoms with E-state index in [1.165, 1.54) is 10.8 Å². The fraction of sp³-hybridized carbons (Fsp3) is 0.700. The largest absolute Gasteiger partial charge is 0.444 e. The summed E-state index contributed by atoms with van der Waals surface area (Å²) in [5, 5.41) is 11.7. The number of amides is 1. The van der Waals surface area contributed by atoms with Gasteiger partial charge in [-0.1, -0.05) is 12.2 Å². The van der Waals surface area contributed by atoms with E-state index >= 15 is 0 Å². The molecule has 1 unspecified atom stereocenters. The van der Waals surface area contributed by atoms with Crippen LogP contribution in [-0.4, -0.2) is 73.1 Å². The van der Waals surface area contributed by atoms with E-state index < -0.39 is 28.9 Å². The lowest BCUT2D eigenvalue weighted by molar-refractivity contribution is -0.0889. The number of piperazine rings is 1. The first-order chi connectivity index (χ1) is 14.3. The number of tetrazole rings is 1. The van der Waals surface area contributed by atoms with Gasteiger partial charge >= 0.3 is 12.3 Å². The summed E-state index contributed by atoms with van der Waals surface area (Å²) in [6.07, 6.45) is -0.660. The molecule has 0 spiro atoms. The highest BCUT2D eigenvalue weighted by molar-refractivity contribution is 5.69. The fourth-order valence-electron chi connectivity index (χ4n) is 3.84. The quantitative estimate of drug-likeness (QED) is 0.713. The third kappa shape index (κ3) is 5.63. The van der Waals surface area contributed by atoms with Gasteiger partial charge in [0.15, 0.2) is 5.82 Å². The fourth-order valence-corrected chi connectivity index (χ4v) is 3.84. The van der Waals surface area contributed by atoms with Crippen molar-refractivity contribution < 1.29 is 22.7 Å². The lowest BCUT2D eigenvalue weighted by atomic mass is 9.99. The SMILES string of the molecule is CC(C)(C)OC(=O)N1CCN(Cc2nnnn2C2C=C(C(F)(F)F)C=CC2)CC1(C)C. The second kappa shape index (κ2) is 8.25. The number of allylic oxidation sites excluding steroid dienone is 4. The van der Waals surface area contributed by atoms with Crippen LogP contribution >= 0.6 is 0 Å². The van der Waals surface area contributed by atoms with E-state index in [1.54, 1.807) is 4.90 Å². The van der Waals surface area contributed by atoms with E-state index in [4.69, 9.17) is 4.74 Å². The summed E-state index contributed by atoms with van der Waals surface area (Å²) >= 11 is 0. The van der Waals surface area contributed by atoms with Crippen LogP contribution in [0.5, 0.6) is 0 Å². The maximum atomic E-state index is 13.1. The Kier molecular flexibility index (Phi) is 6.18. The molecular formula is C20H29F3N6O2. The number of rotatable bonds is 3. The van der Waals surface area contributed by atoms with Gasteiger partial charge in [-0.3, -0.25) is 4.90 Å². The summed E-state index contributed by atoms with van der Waals surface area (Å²) in [6, 6.07) is -0.595. The third-order valence-corrected chi connectivity index (χ3v) is 5.21. The summed E-state index contributed by atoms with van der Waals surface area (Å²) < 4.78 is 46.2. The molecule has 172 valence electrons. The lowest BCUT2D eigenvalue weighted by Crippen LogP contribution is -2.61. The Balaban J connectivity index is 1.69. The predicted molar refractivity (Wildman–Crippen MR) is 107 cm³/mol. The van der Waals surface area contributed by atoms with E-state index in [2.05, 4.69) is 20.4 Å². The van der Waals surface area contributed by atoms with Crippen molar-refractivity contribution in [2.24, 2.45) is 0 Å². The smallest absolute Gasteiger partial charge is 0.416 e. The number of nitrogens with zero attached hydrogens (tertiary/aromatic N) is 6. The Bertz CT molecular complexity index is 869. The predicted octanol–water partition coefficient (Wildman–Crippen LogP) is 3.49. The van der Waals surface area contributed by atoms with Crippen molar-refractivity contribution >= 4 is 6.09 Å². The van der Waals surface area contributed by atoms with Crippen molar-refractivity contribution in [3.63, 3.8) is 0 Å². The number of ether oxygens (including phenoxy) is 1. The Labute approximate surface area is 179 Å². The molecule has 8 nitrogen and oxygen atoms in total. The summed E-state index contributed by atoms with van der Waals surface area (Å²) in [6.45, 7) is 11.3. The molecule has 2 aliphatic rings. The summed E-state index contributed by atoms with van der Waals surface area (Å²) in [7, 11) is 0. The number of aromatic nitrogens is 4. The van der Waals surface area contributed by atoms with Gasteiger partial charge in [0, 0.05) is 19.6 Å². The molecule has 1 atom stereocenters. The molecule has 1 amide bonds. The number of hydrogen-bond acceptors (Lipinski definition) is 6. The van der Waals surface area contributed by atoms with Crippen LogP contribution < -0.4 is 0 Å². The van der Waals surface area contributed by atoms with Crippen molar-refractivity contribution in [1.82, 2.24) is 30.0 Å². The summed E-state index contributed by atoms with van der Waals surface area (Å²) in [4.78, 5) is 16.4. The first-order valence-electron chi connectivity index (χ1n) is 10.2. The molecule has 1 aromatic rings. The van der Waals surface area contributed by atoms with Crippen LogP contribution in [0.25, 0.3) is 0 Å². The number of carbonyl (C=O) groups excluding carboxylic acids is 1. The summed E-state index contributed by atoms with van der Waals surface area (Å²) in [5.74, 6) is 0.486. The zero-order valence-electron chi connectivity index (χ0n) is 18.5. The Hall–Kier alpha value is -2.43. The maximum absolute atomic E-state index is 13.1. The molecule has 31 heavy (non-hydrogen) atoms. The minimum absolute atomic E-state index is 0.360. The van der Waals surface area contributed by atoms with Crippen LogP contribution in [-0.2, 0) is 11.3 Å². The van der Waals surface area contributed by atoms with Crippen molar-refractivity contribution in [3.05, 3.63) is 29.6 Å². The first kappa shape index (κ1) is 23.2. The highest BCUT2D eigenvalue weighted by Gasteiger charge is 2.39. The molecule has 0 radical (unpaired) electrons. The van der Waals surface area contributed by atoms with E-state index in [9.17, 15) is 18.0 Å². The molecule has 0 N–H and O–H groups in total. The Morgan fingerprint density at radius 1 is 1.26 bits per heavy atom. The normalized spacial score (nSPS) is 22.4. The molecule has 1 aliphatic carbocycles. The summed E-state index contributed by atoms with van der Waals surface area (Å²) in [5.41, 5.74) is -1.77. The van der Waals surface area contributed by atoms with Crippen molar-refractivity contribution in [2.75, 3.05) is 19.6 Å². The van der Waals surface area contributed by atoms with Crippen LogP contribution in [0.1, 0.15) is 52.9 Å². The van der Waals surface area contributed by atoms with Gasteiger partial charge in [-0.2, -0.15) is 13.2 Å². The van der Waals surface area contributed by atoms with Crippen LogP contribution in [0.4, 0.5) is 18.0 Å². The van der Waals surface area contributed by atoms with Crippen LogP contribution in [0, 0.1) is 0 Å². The van der Waals surface area contributed by atoms with Gasteiger partial charge in [0.2, 0.25) is 0 Å². The number of carbonyl (C=O) groups is 1. The Morgan fingerprint density at radius 2 is 1.97 bits per heavy atom. The lowest BCUT2D eigenvalue weighted by Gasteiger charge is -2.46. The van der Waals surface area contributed by atoms with E-state index in [1.807, 2.05) is 34.6 Å². The van der Waals surface area contributed by atoms with Crippen LogP contribution in [0.15, 0.2) is 23.8 Å². The highest BCUT2D eigenvalue weighted by Crippen LogP contribution is 2.33. The minimum atomic E-state index is -4.41. The molecule has 11 heteroatoms. The number of hydrogen-bond donors (Lipinski definition) is 0. The van der Waals surface area contributed by atoms with Gasteiger partial charge in [-0.05, 0) is 57.5 Å². The second-order valence-electron chi connectivity index (χ2n) is 9.52. The topological polar surface area (TPSA) is 76.4 Å². The number of alkyl halides is 3. The molecule has 1 aliphatic heterocycles. The second-order valence-corrected chi connectivity index (χ2v) is 9.52. The van der Waals surface area contributed by atoms with Crippen LogP contribution in [0.2, 0.25) is 0 Å². The average molecular weight is 442 g/mol. The van der Waals surface area contributed by atoms with E-state index in [-0.39, 0.29) is 6.09 Å². The van der Waals surface area contributed by atoms with Crippen molar-refractivity contribution in [1.29, 1.82) is 0 Å². The molecule has 2 heterocycles. The molecular weight excluding hydrogens is 413 g/mol. The van der Waals surface area contributed by atoms with Gasteiger partial charge in [0.1, 0.15) is 5.60 Å². The molecule has 0 aromatic carbocycles. The minimum Gasteiger partial charge on any atom is -0.444 e. The molecule has 0 saturated carbocycles. The standard InChI is InChI=1S/C20H29F3N6O2/c1-18(2,3)31-17(30)28-10-9-27(13-19(28,4)5)12-16-24-25-26-29(16)15-8-6-7-14(11-15)20(21,22)23/h6-7,11,15H,8-10,12-13H2,1-5H3. The van der Waals surface area contributed by atoms with Gasteiger partial charge in [-0.15, -0.1) is 5.10 Å². The molecule has 1 aromatic heterocycles. The maximum Gasteiger partial charge on any atom is 0.416 e. The number of halogens is 3. The molecule has 1 saturated heterocycles. The van der Waals surface area contributed by atoms with Crippen LogP contribution in [0.3, 0.4) is 0 Å². The van der Waals surface area contributed by atoms with Crippen molar-refractivity contribution in [3.8, 4) is 0 Å². The zero-order chi connectivity index (χ0) is 23.0. The van der Waals surface area contributed by atoms with E-state index in [0.717, 1.165) is 12.2 Å². The third-order valence-electron chi connectivity index (χ3n) is 5.21. The van der Waals surface area contributed by atoms with Gasteiger partial charge in [-0.25, -0.2) is 9.48 Å². The monoisotopic (exact) mass is 442 g/mol. The van der Waals surface area contributed by atoms with Gasteiger partial charge in [0.05, 0.1) is 23.7 Å². The van der Waals surface area contributed by atoms with E-state index in [0.29, 0.717) is 38.4 Å². The average Bonchev–Trinajstić information content (AvgIpc) is 3.07. The van der Waals surface area contributed by atoms with Gasteiger partial charge in [0.25, 0.3) is 0 Å². The Morgan fingerprint density at radius 3 is 2.58 bits per heavy atom. The molecule has 1 fully saturated rings. The molecule has 3 rings (SSSR count). The van der Waals surface area contributed by atoms with Gasteiger partial charge < -0.3 is 9.64 Å². The van der Waals surface area contributed by atoms with Crippen molar-refractivity contribution in [2.45, 2.75) is 70.9 Å². The molecule has 0 bridgehead atoms.